The van der Waals surface area contributed by atoms with E-state index in [0.29, 0.717) is 26.2 Å². The number of carbonyl (C=O) groups excluding carboxylic acids is 2. The zero-order valence-electron chi connectivity index (χ0n) is 9.03. The molecule has 0 aromatic rings. The van der Waals surface area contributed by atoms with Crippen LogP contribution in [0.2, 0.25) is 0 Å². The van der Waals surface area contributed by atoms with Gasteiger partial charge >= 0.3 is 6.03 Å². The van der Waals surface area contributed by atoms with E-state index >= 15 is 0 Å². The minimum absolute atomic E-state index is 0.0955. The van der Waals surface area contributed by atoms with E-state index in [1.807, 2.05) is 0 Å². The fraction of sp³-hybridized carbons (Fsp3) is 0.778. The summed E-state index contributed by atoms with van der Waals surface area (Å²) in [5, 5.41) is 2.68. The van der Waals surface area contributed by atoms with Gasteiger partial charge in [-0.15, -0.1) is 0 Å². The molecule has 1 aliphatic heterocycles. The molecule has 86 valence electrons. The first kappa shape index (κ1) is 11.8. The molecule has 0 radical (unpaired) electrons. The van der Waals surface area contributed by atoms with E-state index in [2.05, 4.69) is 5.32 Å². The first-order valence-corrected chi connectivity index (χ1v) is 5.12. The molecule has 0 aromatic carbocycles. The van der Waals surface area contributed by atoms with E-state index in [4.69, 9.17) is 5.73 Å². The minimum atomic E-state index is -0.0988. The number of nitrogens with one attached hydrogen (secondary N) is 1. The molecule has 3 N–H and O–H groups in total. The van der Waals surface area contributed by atoms with Crippen molar-refractivity contribution in [2.75, 3.05) is 39.8 Å². The van der Waals surface area contributed by atoms with Gasteiger partial charge in [0.2, 0.25) is 5.91 Å². The average Bonchev–Trinajstić information content (AvgIpc) is 2.24. The van der Waals surface area contributed by atoms with Crippen molar-refractivity contribution in [3.05, 3.63) is 0 Å². The lowest BCUT2D eigenvalue weighted by Gasteiger charge is -2.30. The highest BCUT2D eigenvalue weighted by molar-refractivity contribution is 5.85. The molecule has 0 bridgehead atoms. The Morgan fingerprint density at radius 2 is 2.40 bits per heavy atom. The van der Waals surface area contributed by atoms with E-state index in [1.165, 1.54) is 0 Å². The van der Waals surface area contributed by atoms with Crippen LogP contribution in [-0.4, -0.2) is 61.5 Å². The molecule has 6 heteroatoms. The van der Waals surface area contributed by atoms with E-state index in [0.717, 1.165) is 6.42 Å². The van der Waals surface area contributed by atoms with Gasteiger partial charge in [-0.2, -0.15) is 0 Å². The highest BCUT2D eigenvalue weighted by Crippen LogP contribution is 2.00. The third-order valence-corrected chi connectivity index (χ3v) is 2.33. The van der Waals surface area contributed by atoms with Crippen LogP contribution < -0.4 is 11.1 Å². The number of carbonyl (C=O) groups is 2. The van der Waals surface area contributed by atoms with Crippen LogP contribution in [-0.2, 0) is 4.79 Å². The maximum absolute atomic E-state index is 11.8. The molecule has 3 amide bonds. The second kappa shape index (κ2) is 5.55. The summed E-state index contributed by atoms with van der Waals surface area (Å²) in [6, 6.07) is -0.0988. The van der Waals surface area contributed by atoms with Crippen LogP contribution in [0, 0.1) is 0 Å². The van der Waals surface area contributed by atoms with Crippen molar-refractivity contribution in [1.82, 2.24) is 15.1 Å². The second-order valence-electron chi connectivity index (χ2n) is 3.62. The van der Waals surface area contributed by atoms with Gasteiger partial charge in [-0.1, -0.05) is 0 Å². The molecule has 0 aromatic heterocycles. The Morgan fingerprint density at radius 1 is 1.67 bits per heavy atom. The molecule has 1 rings (SSSR count). The minimum Gasteiger partial charge on any atom is -0.353 e. The van der Waals surface area contributed by atoms with Crippen LogP contribution in [0.4, 0.5) is 4.79 Å². The van der Waals surface area contributed by atoms with Crippen molar-refractivity contribution in [2.45, 2.75) is 6.42 Å². The number of urea groups is 1. The smallest absolute Gasteiger partial charge is 0.320 e. The van der Waals surface area contributed by atoms with Crippen molar-refractivity contribution in [1.29, 1.82) is 0 Å². The summed E-state index contributed by atoms with van der Waals surface area (Å²) < 4.78 is 0. The van der Waals surface area contributed by atoms with Gasteiger partial charge in [0.05, 0.1) is 0 Å². The van der Waals surface area contributed by atoms with Crippen molar-refractivity contribution in [2.24, 2.45) is 5.73 Å². The molecule has 6 nitrogen and oxygen atoms in total. The summed E-state index contributed by atoms with van der Waals surface area (Å²) in [6.07, 6.45) is 0.780. The molecular formula is C9H18N4O2. The van der Waals surface area contributed by atoms with Crippen LogP contribution in [0.3, 0.4) is 0 Å². The lowest BCUT2D eigenvalue weighted by atomic mass is 10.3. The Morgan fingerprint density at radius 3 is 3.00 bits per heavy atom. The Labute approximate surface area is 89.4 Å². The number of hydrogen-bond donors (Lipinski definition) is 2. The van der Waals surface area contributed by atoms with Crippen molar-refractivity contribution in [3.63, 3.8) is 0 Å². The summed E-state index contributed by atoms with van der Waals surface area (Å²) in [5.41, 5.74) is 5.36. The summed E-state index contributed by atoms with van der Waals surface area (Å²) in [5.74, 6) is -0.0955. The van der Waals surface area contributed by atoms with Gasteiger partial charge < -0.3 is 20.9 Å². The summed E-state index contributed by atoms with van der Waals surface area (Å²) in [4.78, 5) is 26.0. The molecular weight excluding hydrogens is 196 g/mol. The zero-order valence-corrected chi connectivity index (χ0v) is 9.03. The Kier molecular flexibility index (Phi) is 4.36. The molecule has 0 unspecified atom stereocenters. The fourth-order valence-electron chi connectivity index (χ4n) is 1.47. The third kappa shape index (κ3) is 3.39. The van der Waals surface area contributed by atoms with Gasteiger partial charge in [-0.05, 0) is 13.0 Å². The highest BCUT2D eigenvalue weighted by Gasteiger charge is 2.23. The summed E-state index contributed by atoms with van der Waals surface area (Å²) in [7, 11) is 1.73. The number of piperazine rings is 1. The lowest BCUT2D eigenvalue weighted by Crippen LogP contribution is -2.53. The number of nitrogens with zero attached hydrogens (tertiary/aromatic N) is 2. The second-order valence-corrected chi connectivity index (χ2v) is 3.62. The topological polar surface area (TPSA) is 78.7 Å². The van der Waals surface area contributed by atoms with E-state index in [-0.39, 0.29) is 18.5 Å². The highest BCUT2D eigenvalue weighted by atomic mass is 16.2. The van der Waals surface area contributed by atoms with Gasteiger partial charge in [0.15, 0.2) is 0 Å². The van der Waals surface area contributed by atoms with Crippen LogP contribution in [0.15, 0.2) is 0 Å². The molecule has 0 atom stereocenters. The Balaban J connectivity index is 2.40. The first-order valence-electron chi connectivity index (χ1n) is 5.12. The van der Waals surface area contributed by atoms with E-state index in [1.54, 1.807) is 16.8 Å². The molecule has 1 saturated heterocycles. The van der Waals surface area contributed by atoms with Crippen molar-refractivity contribution >= 4 is 11.9 Å². The zero-order chi connectivity index (χ0) is 11.3. The molecule has 1 fully saturated rings. The number of hydrogen-bond acceptors (Lipinski definition) is 3. The third-order valence-electron chi connectivity index (χ3n) is 2.33. The summed E-state index contributed by atoms with van der Waals surface area (Å²) in [6.45, 7) is 2.48. The molecule has 0 aliphatic carbocycles. The largest absolute Gasteiger partial charge is 0.353 e. The normalized spacial score (nSPS) is 16.1. The summed E-state index contributed by atoms with van der Waals surface area (Å²) >= 11 is 0. The maximum atomic E-state index is 11.8. The Bertz CT molecular complexity index is 244. The van der Waals surface area contributed by atoms with Crippen LogP contribution in [0.5, 0.6) is 0 Å². The SMILES string of the molecule is CN(CCCN)C(=O)N1CCNC(=O)C1. The number of rotatable bonds is 3. The monoisotopic (exact) mass is 214 g/mol. The number of nitrogens with two attached hydrogens (primary N) is 1. The molecule has 0 spiro atoms. The Hall–Kier alpha value is -1.30. The van der Waals surface area contributed by atoms with Crippen LogP contribution in [0.25, 0.3) is 0 Å². The predicted octanol–water partition coefficient (Wildman–Crippen LogP) is -1.18. The fourth-order valence-corrected chi connectivity index (χ4v) is 1.47. The molecule has 1 heterocycles. The average molecular weight is 214 g/mol. The van der Waals surface area contributed by atoms with Crippen molar-refractivity contribution < 1.29 is 9.59 Å². The van der Waals surface area contributed by atoms with Gasteiger partial charge in [-0.3, -0.25) is 4.79 Å². The maximum Gasteiger partial charge on any atom is 0.320 e. The van der Waals surface area contributed by atoms with Gasteiger partial charge in [0.25, 0.3) is 0 Å². The van der Waals surface area contributed by atoms with Crippen LogP contribution in [0.1, 0.15) is 6.42 Å². The quantitative estimate of drug-likeness (QED) is 0.620. The van der Waals surface area contributed by atoms with Gasteiger partial charge in [-0.25, -0.2) is 4.79 Å². The van der Waals surface area contributed by atoms with E-state index < -0.39 is 0 Å². The van der Waals surface area contributed by atoms with Crippen LogP contribution >= 0.6 is 0 Å². The standard InChI is InChI=1S/C9H18N4O2/c1-12(5-2-3-10)9(15)13-6-4-11-8(14)7-13/h2-7,10H2,1H3,(H,11,14). The molecule has 15 heavy (non-hydrogen) atoms. The number of amides is 3. The van der Waals surface area contributed by atoms with Gasteiger partial charge in [0, 0.05) is 26.7 Å². The predicted molar refractivity (Wildman–Crippen MR) is 56.3 cm³/mol. The molecule has 0 saturated carbocycles. The first-order chi connectivity index (χ1) is 7.15. The lowest BCUT2D eigenvalue weighted by molar-refractivity contribution is -0.123. The molecule has 1 aliphatic rings. The van der Waals surface area contributed by atoms with E-state index in [9.17, 15) is 9.59 Å². The van der Waals surface area contributed by atoms with Crippen molar-refractivity contribution in [3.8, 4) is 0 Å². The van der Waals surface area contributed by atoms with Gasteiger partial charge in [0.1, 0.15) is 6.54 Å².